The Bertz CT molecular complexity index is 3.90. The number of rotatable bonds is 0. The van der Waals surface area contributed by atoms with Crippen molar-refractivity contribution in [2.45, 2.75) is 0 Å². The van der Waals surface area contributed by atoms with Gasteiger partial charge in [0, 0.05) is 0 Å². The molecule has 0 heterocycles. The Balaban J connectivity index is -0.0000000225. The monoisotopic (exact) mass is 182 g/mol. The molecule has 0 saturated carbocycles. The van der Waals surface area contributed by atoms with Crippen LogP contribution in [0.3, 0.4) is 0 Å². The van der Waals surface area contributed by atoms with Gasteiger partial charge in [0.1, 0.15) is 0 Å². The molecule has 0 aliphatic rings. The van der Waals surface area contributed by atoms with E-state index in [0.717, 1.165) is 0 Å². The van der Waals surface area contributed by atoms with Crippen molar-refractivity contribution in [1.82, 2.24) is 0 Å². The zero-order valence-corrected chi connectivity index (χ0v) is 4.61. The summed E-state index contributed by atoms with van der Waals surface area (Å²) in [6.07, 6.45) is 0. The predicted molar refractivity (Wildman–Crippen MR) is 11.2 cm³/mol. The second kappa shape index (κ2) is 926. The summed E-state index contributed by atoms with van der Waals surface area (Å²) in [5, 5.41) is 24.0. The van der Waals surface area contributed by atoms with Gasteiger partial charge in [-0.3, -0.25) is 21.0 Å². The van der Waals surface area contributed by atoms with Crippen LogP contribution in [0.5, 0.6) is 0 Å². The van der Waals surface area contributed by atoms with Crippen LogP contribution in [-0.2, 0) is 23.2 Å². The molecule has 0 radical (unpaired) electrons. The second-order valence-corrected chi connectivity index (χ2v) is 0. The third-order valence-corrected chi connectivity index (χ3v) is 0. The van der Waals surface area contributed by atoms with Crippen LogP contribution in [0.15, 0.2) is 0 Å². The molecule has 0 aliphatic heterocycles. The molecule has 4 N–H and O–H groups in total. The van der Waals surface area contributed by atoms with Gasteiger partial charge in [-0.25, -0.2) is 0 Å². The average molecular weight is 180 g/mol. The fourth-order valence-corrected chi connectivity index (χ4v) is 0. The van der Waals surface area contributed by atoms with Gasteiger partial charge >= 0.3 is 23.2 Å². The normalized spacial score (nSPS) is 2.67. The summed E-state index contributed by atoms with van der Waals surface area (Å²) < 4.78 is 8.26. The summed E-state index contributed by atoms with van der Waals surface area (Å²) in [4.78, 5) is 0. The number of hydrogen-bond acceptors (Lipinski definition) is 5. The van der Waals surface area contributed by atoms with E-state index in [2.05, 4.69) is 0 Å². The topological polar surface area (TPSA) is 98.0 Å². The van der Waals surface area contributed by atoms with E-state index < -0.39 is 0 Å². The van der Waals surface area contributed by atoms with Crippen LogP contribution in [0, 0.1) is 0 Å². The van der Waals surface area contributed by atoms with Gasteiger partial charge < -0.3 is 0 Å². The zero-order chi connectivity index (χ0) is 6.00. The van der Waals surface area contributed by atoms with Gasteiger partial charge in [0.15, 0.2) is 0 Å². The molecular formula is H4MoO5. The Morgan fingerprint density at radius 2 is 0.833 bits per heavy atom. The maximum atomic E-state index is 8.26. The van der Waals surface area contributed by atoms with E-state index in [0.29, 0.717) is 19.8 Å². The fraction of sp³-hybridized carbons (Fsp3) is 0. The standard InChI is InChI=1S/Mo.2H2O2.O/c;2*1-2;/h;2*1-2H;. The third kappa shape index (κ3) is 445. The molecule has 0 unspecified atom stereocenters. The SMILES string of the molecule is OO.OO.[O]=[Mo]. The molecule has 0 spiro atoms. The Morgan fingerprint density at radius 3 is 0.833 bits per heavy atom. The molecule has 0 rings (SSSR count). The molecule has 0 fully saturated rings. The van der Waals surface area contributed by atoms with Crippen LogP contribution < -0.4 is 0 Å². The first kappa shape index (κ1) is 16.2. The molecule has 0 aromatic carbocycles. The summed E-state index contributed by atoms with van der Waals surface area (Å²) >= 11 is 0.700. The summed E-state index contributed by atoms with van der Waals surface area (Å²) in [5.74, 6) is 0. The summed E-state index contributed by atoms with van der Waals surface area (Å²) in [6, 6.07) is 0. The maximum absolute atomic E-state index is 8.26. The van der Waals surface area contributed by atoms with Crippen molar-refractivity contribution in [3.8, 4) is 0 Å². The molecular weight excluding hydrogens is 176 g/mol. The van der Waals surface area contributed by atoms with Crippen molar-refractivity contribution >= 4 is 0 Å². The van der Waals surface area contributed by atoms with E-state index in [1.54, 1.807) is 0 Å². The van der Waals surface area contributed by atoms with Crippen LogP contribution in [0.25, 0.3) is 0 Å². The second-order valence-electron chi connectivity index (χ2n) is 0. The molecule has 0 aromatic heterocycles. The van der Waals surface area contributed by atoms with Gasteiger partial charge in [-0.15, -0.1) is 0 Å². The van der Waals surface area contributed by atoms with Gasteiger partial charge in [0.05, 0.1) is 0 Å². The van der Waals surface area contributed by atoms with Crippen molar-refractivity contribution in [3.63, 3.8) is 0 Å². The van der Waals surface area contributed by atoms with Crippen LogP contribution in [0.2, 0.25) is 0 Å². The van der Waals surface area contributed by atoms with E-state index >= 15 is 0 Å². The first-order valence-corrected chi connectivity index (χ1v) is 1.39. The molecule has 0 saturated heterocycles. The van der Waals surface area contributed by atoms with Crippen molar-refractivity contribution in [2.75, 3.05) is 0 Å². The van der Waals surface area contributed by atoms with Gasteiger partial charge in [-0.1, -0.05) is 0 Å². The first-order chi connectivity index (χ1) is 3.00. The van der Waals surface area contributed by atoms with Crippen LogP contribution in [0.4, 0.5) is 0 Å². The van der Waals surface area contributed by atoms with Crippen molar-refractivity contribution in [1.29, 1.82) is 0 Å². The molecule has 0 amide bonds. The third-order valence-electron chi connectivity index (χ3n) is 0. The van der Waals surface area contributed by atoms with Crippen LogP contribution in [-0.4, -0.2) is 21.0 Å². The molecule has 0 aliphatic carbocycles. The van der Waals surface area contributed by atoms with Gasteiger partial charge in [0.2, 0.25) is 0 Å². The Labute approximate surface area is 44.9 Å². The fourth-order valence-electron chi connectivity index (χ4n) is 0. The molecule has 0 bridgehead atoms. The van der Waals surface area contributed by atoms with E-state index in [4.69, 9.17) is 24.4 Å². The quantitative estimate of drug-likeness (QED) is 0.237. The summed E-state index contributed by atoms with van der Waals surface area (Å²) in [7, 11) is 0. The molecule has 0 aromatic rings. The van der Waals surface area contributed by atoms with Crippen LogP contribution in [0.1, 0.15) is 0 Å². The van der Waals surface area contributed by atoms with E-state index in [9.17, 15) is 0 Å². The van der Waals surface area contributed by atoms with E-state index in [-0.39, 0.29) is 0 Å². The van der Waals surface area contributed by atoms with Crippen molar-refractivity contribution in [3.05, 3.63) is 0 Å². The van der Waals surface area contributed by atoms with Crippen molar-refractivity contribution in [2.24, 2.45) is 0 Å². The van der Waals surface area contributed by atoms with E-state index in [1.807, 2.05) is 0 Å². The molecule has 40 valence electrons. The molecule has 5 nitrogen and oxygen atoms in total. The van der Waals surface area contributed by atoms with Crippen molar-refractivity contribution < 1.29 is 44.2 Å². The van der Waals surface area contributed by atoms with E-state index in [1.165, 1.54) is 0 Å². The first-order valence-electron chi connectivity index (χ1n) is 0.567. The molecule has 6 heavy (non-hydrogen) atoms. The van der Waals surface area contributed by atoms with Gasteiger partial charge in [-0.2, -0.15) is 0 Å². The Kier molecular flexibility index (Phi) is 2500. The van der Waals surface area contributed by atoms with Gasteiger partial charge in [-0.05, 0) is 0 Å². The Morgan fingerprint density at radius 1 is 0.833 bits per heavy atom. The predicted octanol–water partition coefficient (Wildman–Crippen LogP) is -0.0865. The summed E-state index contributed by atoms with van der Waals surface area (Å²) in [6.45, 7) is 0. The Hall–Kier alpha value is 0.328. The summed E-state index contributed by atoms with van der Waals surface area (Å²) in [5.41, 5.74) is 0. The average Bonchev–Trinajstić information content (AvgIpc) is 1.81. The minimum absolute atomic E-state index is 0.700. The van der Waals surface area contributed by atoms with Crippen LogP contribution >= 0.6 is 0 Å². The molecule has 0 atom stereocenters. The zero-order valence-electron chi connectivity index (χ0n) is 2.61. The number of hydrogen-bond donors (Lipinski definition) is 4. The van der Waals surface area contributed by atoms with Gasteiger partial charge in [0.25, 0.3) is 0 Å². The minimum atomic E-state index is 0.700. The molecule has 6 heteroatoms.